The molecule has 0 radical (unpaired) electrons. The van der Waals surface area contributed by atoms with E-state index in [2.05, 4.69) is 16.9 Å². The lowest BCUT2D eigenvalue weighted by molar-refractivity contribution is 0.146. The first-order valence-corrected chi connectivity index (χ1v) is 6.04. The first-order valence-electron chi connectivity index (χ1n) is 6.04. The fourth-order valence-electron chi connectivity index (χ4n) is 1.32. The number of hydrogen-bond acceptors (Lipinski definition) is 2. The minimum absolute atomic E-state index is 0. The highest BCUT2D eigenvalue weighted by atomic mass is 127. The summed E-state index contributed by atoms with van der Waals surface area (Å²) in [5.74, 6) is 0.408. The highest BCUT2D eigenvalue weighted by molar-refractivity contribution is 14.0. The molecule has 0 spiro atoms. The number of hydrogen-bond donors (Lipinski definition) is 2. The largest absolute Gasteiger partial charge is 0.379 e. The molecule has 0 aliphatic rings. The van der Waals surface area contributed by atoms with Crippen molar-refractivity contribution in [2.45, 2.75) is 13.3 Å². The SMILES string of the molecule is C=CCCOCCN=C(N)Nc1ccc(C)cc1.I. The summed E-state index contributed by atoms with van der Waals surface area (Å²) in [5, 5.41) is 3.03. The smallest absolute Gasteiger partial charge is 0.193 e. The van der Waals surface area contributed by atoms with Crippen molar-refractivity contribution in [3.63, 3.8) is 0 Å². The van der Waals surface area contributed by atoms with E-state index in [0.29, 0.717) is 25.7 Å². The minimum atomic E-state index is 0. The Labute approximate surface area is 132 Å². The van der Waals surface area contributed by atoms with Crippen LogP contribution in [0.2, 0.25) is 0 Å². The van der Waals surface area contributed by atoms with Crippen LogP contribution in [0.4, 0.5) is 5.69 Å². The maximum atomic E-state index is 5.75. The van der Waals surface area contributed by atoms with Crippen LogP contribution in [-0.2, 0) is 4.74 Å². The summed E-state index contributed by atoms with van der Waals surface area (Å²) in [6.45, 7) is 7.48. The highest BCUT2D eigenvalue weighted by Gasteiger charge is 1.94. The second kappa shape index (κ2) is 10.8. The molecule has 5 heteroatoms. The van der Waals surface area contributed by atoms with Crippen molar-refractivity contribution in [1.82, 2.24) is 0 Å². The van der Waals surface area contributed by atoms with E-state index in [4.69, 9.17) is 10.5 Å². The summed E-state index contributed by atoms with van der Waals surface area (Å²) < 4.78 is 5.33. The van der Waals surface area contributed by atoms with Crippen LogP contribution in [0.5, 0.6) is 0 Å². The van der Waals surface area contributed by atoms with E-state index in [0.717, 1.165) is 12.1 Å². The number of anilines is 1. The number of guanidine groups is 1. The molecule has 106 valence electrons. The number of ether oxygens (including phenoxy) is 1. The Bertz CT molecular complexity index is 390. The maximum Gasteiger partial charge on any atom is 0.193 e. The molecule has 0 saturated carbocycles. The second-order valence-electron chi connectivity index (χ2n) is 3.95. The van der Waals surface area contributed by atoms with Crippen LogP contribution in [0.3, 0.4) is 0 Å². The first-order chi connectivity index (χ1) is 8.72. The molecule has 0 heterocycles. The van der Waals surface area contributed by atoms with Gasteiger partial charge >= 0.3 is 0 Å². The predicted molar refractivity (Wildman–Crippen MR) is 92.3 cm³/mol. The summed E-state index contributed by atoms with van der Waals surface area (Å²) in [4.78, 5) is 4.17. The molecule has 19 heavy (non-hydrogen) atoms. The van der Waals surface area contributed by atoms with Gasteiger partial charge in [0.2, 0.25) is 0 Å². The number of benzene rings is 1. The van der Waals surface area contributed by atoms with Crippen LogP contribution in [-0.4, -0.2) is 25.7 Å². The fourth-order valence-corrected chi connectivity index (χ4v) is 1.32. The topological polar surface area (TPSA) is 59.6 Å². The number of halogens is 1. The van der Waals surface area contributed by atoms with Gasteiger partial charge in [-0.05, 0) is 25.5 Å². The van der Waals surface area contributed by atoms with Gasteiger partial charge in [0.15, 0.2) is 5.96 Å². The van der Waals surface area contributed by atoms with Crippen molar-refractivity contribution in [2.75, 3.05) is 25.1 Å². The van der Waals surface area contributed by atoms with Crippen molar-refractivity contribution < 1.29 is 4.74 Å². The molecule has 0 aliphatic carbocycles. The molecular formula is C14H22IN3O. The number of nitrogens with two attached hydrogens (primary N) is 1. The summed E-state index contributed by atoms with van der Waals surface area (Å²) in [6, 6.07) is 7.98. The number of nitrogens with zero attached hydrogens (tertiary/aromatic N) is 1. The number of nitrogens with one attached hydrogen (secondary N) is 1. The molecule has 0 aliphatic heterocycles. The Hall–Kier alpha value is -1.08. The third-order valence-corrected chi connectivity index (χ3v) is 2.31. The summed E-state index contributed by atoms with van der Waals surface area (Å²) in [5.41, 5.74) is 7.91. The van der Waals surface area contributed by atoms with Crippen LogP contribution in [0.25, 0.3) is 0 Å². The Morgan fingerprint density at radius 2 is 2.05 bits per heavy atom. The quantitative estimate of drug-likeness (QED) is 0.253. The highest BCUT2D eigenvalue weighted by Crippen LogP contribution is 2.07. The van der Waals surface area contributed by atoms with Crippen molar-refractivity contribution in [2.24, 2.45) is 10.7 Å². The van der Waals surface area contributed by atoms with Crippen molar-refractivity contribution in [3.05, 3.63) is 42.5 Å². The molecule has 0 bridgehead atoms. The number of rotatable bonds is 7. The van der Waals surface area contributed by atoms with Crippen LogP contribution in [0, 0.1) is 6.92 Å². The molecular weight excluding hydrogens is 353 g/mol. The fraction of sp³-hybridized carbons (Fsp3) is 0.357. The number of aryl methyl sites for hydroxylation is 1. The van der Waals surface area contributed by atoms with Gasteiger partial charge in [-0.2, -0.15) is 0 Å². The van der Waals surface area contributed by atoms with E-state index in [1.165, 1.54) is 5.56 Å². The Morgan fingerprint density at radius 1 is 1.37 bits per heavy atom. The van der Waals surface area contributed by atoms with Gasteiger partial charge in [0.25, 0.3) is 0 Å². The first kappa shape index (κ1) is 17.9. The van der Waals surface area contributed by atoms with Gasteiger partial charge in [-0.3, -0.25) is 4.99 Å². The monoisotopic (exact) mass is 375 g/mol. The Balaban J connectivity index is 0.00000324. The lowest BCUT2D eigenvalue weighted by atomic mass is 10.2. The molecule has 1 aromatic rings. The average Bonchev–Trinajstić information content (AvgIpc) is 2.36. The predicted octanol–water partition coefficient (Wildman–Crippen LogP) is 2.93. The van der Waals surface area contributed by atoms with Crippen molar-refractivity contribution in [3.8, 4) is 0 Å². The lowest BCUT2D eigenvalue weighted by Crippen LogP contribution is -2.23. The van der Waals surface area contributed by atoms with Gasteiger partial charge in [-0.1, -0.05) is 23.8 Å². The molecule has 0 saturated heterocycles. The third-order valence-electron chi connectivity index (χ3n) is 2.31. The third kappa shape index (κ3) is 8.61. The van der Waals surface area contributed by atoms with E-state index in [9.17, 15) is 0 Å². The van der Waals surface area contributed by atoms with E-state index in [1.54, 1.807) is 0 Å². The molecule has 0 amide bonds. The second-order valence-corrected chi connectivity index (χ2v) is 3.95. The number of aliphatic imine (C=N–C) groups is 1. The zero-order valence-electron chi connectivity index (χ0n) is 11.3. The lowest BCUT2D eigenvalue weighted by Gasteiger charge is -2.06. The zero-order valence-corrected chi connectivity index (χ0v) is 13.6. The normalized spacial score (nSPS) is 10.7. The van der Waals surface area contributed by atoms with Gasteiger partial charge < -0.3 is 15.8 Å². The summed E-state index contributed by atoms with van der Waals surface area (Å²) >= 11 is 0. The molecule has 4 nitrogen and oxygen atoms in total. The summed E-state index contributed by atoms with van der Waals surface area (Å²) in [7, 11) is 0. The zero-order chi connectivity index (χ0) is 13.2. The van der Waals surface area contributed by atoms with Crippen LogP contribution in [0.1, 0.15) is 12.0 Å². The van der Waals surface area contributed by atoms with Crippen LogP contribution >= 0.6 is 24.0 Å². The van der Waals surface area contributed by atoms with E-state index >= 15 is 0 Å². The van der Waals surface area contributed by atoms with Crippen molar-refractivity contribution in [1.29, 1.82) is 0 Å². The van der Waals surface area contributed by atoms with Gasteiger partial charge in [0.05, 0.1) is 19.8 Å². The molecule has 1 rings (SSSR count). The van der Waals surface area contributed by atoms with Crippen molar-refractivity contribution >= 4 is 35.6 Å². The molecule has 0 fully saturated rings. The molecule has 0 unspecified atom stereocenters. The molecule has 3 N–H and O–H groups in total. The van der Waals surface area contributed by atoms with E-state index in [-0.39, 0.29) is 24.0 Å². The van der Waals surface area contributed by atoms with Gasteiger partial charge in [-0.25, -0.2) is 0 Å². The molecule has 0 atom stereocenters. The standard InChI is InChI=1S/C14H21N3O.HI/c1-3-4-10-18-11-9-16-14(15)17-13-7-5-12(2)6-8-13;/h3,5-8H,1,4,9-11H2,2H3,(H3,15,16,17);1H. The Morgan fingerprint density at radius 3 is 2.68 bits per heavy atom. The maximum absolute atomic E-state index is 5.75. The van der Waals surface area contributed by atoms with E-state index in [1.807, 2.05) is 37.3 Å². The van der Waals surface area contributed by atoms with Gasteiger partial charge in [-0.15, -0.1) is 30.6 Å². The minimum Gasteiger partial charge on any atom is -0.379 e. The molecule has 0 aromatic heterocycles. The van der Waals surface area contributed by atoms with Crippen LogP contribution in [0.15, 0.2) is 41.9 Å². The van der Waals surface area contributed by atoms with Gasteiger partial charge in [0.1, 0.15) is 0 Å². The van der Waals surface area contributed by atoms with E-state index < -0.39 is 0 Å². The van der Waals surface area contributed by atoms with Gasteiger partial charge in [0, 0.05) is 5.69 Å². The average molecular weight is 375 g/mol. The van der Waals surface area contributed by atoms with Crippen LogP contribution < -0.4 is 11.1 Å². The Kier molecular flexibility index (Phi) is 10.2. The summed E-state index contributed by atoms with van der Waals surface area (Å²) in [6.07, 6.45) is 2.69. The molecule has 1 aromatic carbocycles.